The molecular formula is C18H28N4. The zero-order chi connectivity index (χ0) is 15.2. The van der Waals surface area contributed by atoms with Crippen molar-refractivity contribution in [1.29, 1.82) is 0 Å². The highest BCUT2D eigenvalue weighted by Crippen LogP contribution is 2.20. The first-order valence-electron chi connectivity index (χ1n) is 8.66. The van der Waals surface area contributed by atoms with Crippen LogP contribution >= 0.6 is 0 Å². The normalized spacial score (nSPS) is 23.9. The molecule has 1 aromatic carbocycles. The van der Waals surface area contributed by atoms with Gasteiger partial charge in [0.2, 0.25) is 0 Å². The predicted octanol–water partition coefficient (Wildman–Crippen LogP) is 2.45. The first-order valence-corrected chi connectivity index (χ1v) is 8.66. The summed E-state index contributed by atoms with van der Waals surface area (Å²) in [6, 6.07) is 11.3. The number of hydrogen-bond acceptors (Lipinski definition) is 2. The van der Waals surface area contributed by atoms with E-state index in [9.17, 15) is 0 Å². The third kappa shape index (κ3) is 4.01. The number of rotatable bonds is 4. The second-order valence-corrected chi connectivity index (χ2v) is 6.50. The highest BCUT2D eigenvalue weighted by molar-refractivity contribution is 5.78. The molecule has 2 heterocycles. The number of nitrogens with zero attached hydrogens (tertiary/aromatic N) is 3. The minimum absolute atomic E-state index is 0.545. The maximum Gasteiger partial charge on any atom is 0.191 e. The van der Waals surface area contributed by atoms with Gasteiger partial charge in [0.1, 0.15) is 0 Å². The van der Waals surface area contributed by atoms with Gasteiger partial charge in [0.15, 0.2) is 5.96 Å². The molecule has 0 saturated carbocycles. The van der Waals surface area contributed by atoms with Crippen LogP contribution in [0.2, 0.25) is 0 Å². The Kier molecular flexibility index (Phi) is 5.33. The van der Waals surface area contributed by atoms with Crippen LogP contribution in [0.15, 0.2) is 35.3 Å². The SMILES string of the molecule is NC(=NCC1CCCN1Cc1ccccc1)N1CCCCC1. The van der Waals surface area contributed by atoms with Gasteiger partial charge in [-0.2, -0.15) is 0 Å². The Labute approximate surface area is 134 Å². The van der Waals surface area contributed by atoms with Gasteiger partial charge in [-0.1, -0.05) is 30.3 Å². The number of hydrogen-bond donors (Lipinski definition) is 1. The van der Waals surface area contributed by atoms with E-state index in [0.29, 0.717) is 6.04 Å². The fourth-order valence-electron chi connectivity index (χ4n) is 3.55. The topological polar surface area (TPSA) is 44.9 Å². The Morgan fingerprint density at radius 1 is 1.05 bits per heavy atom. The zero-order valence-corrected chi connectivity index (χ0v) is 13.5. The van der Waals surface area contributed by atoms with Crippen LogP contribution in [0.4, 0.5) is 0 Å². The van der Waals surface area contributed by atoms with Gasteiger partial charge in [-0.05, 0) is 44.2 Å². The fraction of sp³-hybridized carbons (Fsp3) is 0.611. The minimum Gasteiger partial charge on any atom is -0.370 e. The Hall–Kier alpha value is -1.55. The summed E-state index contributed by atoms with van der Waals surface area (Å²) >= 11 is 0. The van der Waals surface area contributed by atoms with E-state index in [0.717, 1.165) is 32.1 Å². The molecule has 0 spiro atoms. The van der Waals surface area contributed by atoms with Crippen molar-refractivity contribution in [2.45, 2.75) is 44.7 Å². The third-order valence-corrected chi connectivity index (χ3v) is 4.87. The summed E-state index contributed by atoms with van der Waals surface area (Å²) < 4.78 is 0. The van der Waals surface area contributed by atoms with Crippen LogP contribution in [0.5, 0.6) is 0 Å². The van der Waals surface area contributed by atoms with Crippen molar-refractivity contribution < 1.29 is 0 Å². The molecule has 1 aromatic rings. The largest absolute Gasteiger partial charge is 0.370 e. The summed E-state index contributed by atoms with van der Waals surface area (Å²) in [4.78, 5) is 9.51. The Bertz CT molecular complexity index is 479. The molecule has 0 bridgehead atoms. The molecule has 2 N–H and O–H groups in total. The molecule has 2 saturated heterocycles. The molecule has 1 unspecified atom stereocenters. The van der Waals surface area contributed by atoms with Crippen LogP contribution in [0.25, 0.3) is 0 Å². The lowest BCUT2D eigenvalue weighted by molar-refractivity contribution is 0.249. The number of aliphatic imine (C=N–C) groups is 1. The van der Waals surface area contributed by atoms with Crippen molar-refractivity contribution in [2.75, 3.05) is 26.2 Å². The van der Waals surface area contributed by atoms with Crippen LogP contribution in [0, 0.1) is 0 Å². The molecule has 0 radical (unpaired) electrons. The molecule has 120 valence electrons. The van der Waals surface area contributed by atoms with Crippen molar-refractivity contribution in [3.63, 3.8) is 0 Å². The molecule has 3 rings (SSSR count). The quantitative estimate of drug-likeness (QED) is 0.686. The van der Waals surface area contributed by atoms with Gasteiger partial charge >= 0.3 is 0 Å². The number of benzene rings is 1. The maximum atomic E-state index is 6.18. The van der Waals surface area contributed by atoms with Crippen LogP contribution in [0.3, 0.4) is 0 Å². The molecule has 2 aliphatic rings. The lowest BCUT2D eigenvalue weighted by Gasteiger charge is -2.28. The lowest BCUT2D eigenvalue weighted by atomic mass is 10.1. The van der Waals surface area contributed by atoms with E-state index < -0.39 is 0 Å². The van der Waals surface area contributed by atoms with Gasteiger partial charge in [0, 0.05) is 25.7 Å². The monoisotopic (exact) mass is 300 g/mol. The highest BCUT2D eigenvalue weighted by Gasteiger charge is 2.24. The molecule has 4 nitrogen and oxygen atoms in total. The zero-order valence-electron chi connectivity index (χ0n) is 13.5. The number of nitrogens with two attached hydrogens (primary N) is 1. The van der Waals surface area contributed by atoms with Crippen molar-refractivity contribution >= 4 is 5.96 Å². The summed E-state index contributed by atoms with van der Waals surface area (Å²) in [5.41, 5.74) is 7.57. The van der Waals surface area contributed by atoms with Crippen LogP contribution in [-0.2, 0) is 6.54 Å². The van der Waals surface area contributed by atoms with Gasteiger partial charge in [0.05, 0.1) is 6.54 Å². The van der Waals surface area contributed by atoms with E-state index in [4.69, 9.17) is 10.7 Å². The van der Waals surface area contributed by atoms with Crippen molar-refractivity contribution in [3.05, 3.63) is 35.9 Å². The van der Waals surface area contributed by atoms with Gasteiger partial charge in [0.25, 0.3) is 0 Å². The second kappa shape index (κ2) is 7.63. The van der Waals surface area contributed by atoms with E-state index in [1.54, 1.807) is 0 Å². The van der Waals surface area contributed by atoms with Crippen LogP contribution in [0.1, 0.15) is 37.7 Å². The Balaban J connectivity index is 1.54. The number of likely N-dealkylation sites (tertiary alicyclic amines) is 2. The van der Waals surface area contributed by atoms with E-state index in [1.165, 1.54) is 44.2 Å². The van der Waals surface area contributed by atoms with Crippen LogP contribution in [-0.4, -0.2) is 48.0 Å². The molecular weight excluding hydrogens is 272 g/mol. The average Bonchev–Trinajstić information content (AvgIpc) is 3.01. The summed E-state index contributed by atoms with van der Waals surface area (Å²) in [6.07, 6.45) is 6.34. The van der Waals surface area contributed by atoms with E-state index in [1.807, 2.05) is 0 Å². The Morgan fingerprint density at radius 2 is 1.82 bits per heavy atom. The van der Waals surface area contributed by atoms with Crippen molar-refractivity contribution in [1.82, 2.24) is 9.80 Å². The molecule has 1 atom stereocenters. The summed E-state index contributed by atoms with van der Waals surface area (Å²) in [7, 11) is 0. The Morgan fingerprint density at radius 3 is 2.59 bits per heavy atom. The average molecular weight is 300 g/mol. The molecule has 0 amide bonds. The standard InChI is InChI=1S/C18H28N4/c19-18(21-11-5-2-6-12-21)20-14-17-10-7-13-22(17)15-16-8-3-1-4-9-16/h1,3-4,8-9,17H,2,5-7,10-15H2,(H2,19,20). The predicted molar refractivity (Wildman–Crippen MR) is 91.8 cm³/mol. The lowest BCUT2D eigenvalue weighted by Crippen LogP contribution is -2.41. The third-order valence-electron chi connectivity index (χ3n) is 4.87. The molecule has 2 fully saturated rings. The summed E-state index contributed by atoms with van der Waals surface area (Å²) in [6.45, 7) is 5.21. The van der Waals surface area contributed by atoms with Crippen molar-refractivity contribution in [2.24, 2.45) is 10.7 Å². The van der Waals surface area contributed by atoms with E-state index >= 15 is 0 Å². The molecule has 0 aromatic heterocycles. The summed E-state index contributed by atoms with van der Waals surface area (Å²) in [5, 5.41) is 0. The summed E-state index contributed by atoms with van der Waals surface area (Å²) in [5.74, 6) is 0.756. The molecule has 0 aliphatic carbocycles. The fourth-order valence-corrected chi connectivity index (χ4v) is 3.55. The first kappa shape index (κ1) is 15.3. The van der Waals surface area contributed by atoms with Gasteiger partial charge in [-0.15, -0.1) is 0 Å². The van der Waals surface area contributed by atoms with E-state index in [2.05, 4.69) is 40.1 Å². The van der Waals surface area contributed by atoms with Gasteiger partial charge in [-0.3, -0.25) is 9.89 Å². The number of piperidine rings is 1. The molecule has 22 heavy (non-hydrogen) atoms. The number of guanidine groups is 1. The first-order chi connectivity index (χ1) is 10.8. The van der Waals surface area contributed by atoms with Crippen LogP contribution < -0.4 is 5.73 Å². The molecule has 2 aliphatic heterocycles. The van der Waals surface area contributed by atoms with Gasteiger partial charge in [-0.25, -0.2) is 0 Å². The van der Waals surface area contributed by atoms with Crippen molar-refractivity contribution in [3.8, 4) is 0 Å². The smallest absolute Gasteiger partial charge is 0.191 e. The van der Waals surface area contributed by atoms with Gasteiger partial charge < -0.3 is 10.6 Å². The molecule has 4 heteroatoms. The maximum absolute atomic E-state index is 6.18. The second-order valence-electron chi connectivity index (χ2n) is 6.50. The highest BCUT2D eigenvalue weighted by atomic mass is 15.3. The minimum atomic E-state index is 0.545. The van der Waals surface area contributed by atoms with E-state index in [-0.39, 0.29) is 0 Å².